The third kappa shape index (κ3) is 4.35. The van der Waals surface area contributed by atoms with Crippen molar-refractivity contribution in [2.24, 2.45) is 5.41 Å². The summed E-state index contributed by atoms with van der Waals surface area (Å²) in [7, 11) is 0. The third-order valence-electron chi connectivity index (χ3n) is 2.89. The predicted octanol–water partition coefficient (Wildman–Crippen LogP) is 2.98. The number of hydrogen-bond acceptors (Lipinski definition) is 2. The maximum Gasteiger partial charge on any atom is 0.123 e. The third-order valence-corrected chi connectivity index (χ3v) is 2.89. The van der Waals surface area contributed by atoms with Gasteiger partial charge in [-0.3, -0.25) is 0 Å². The van der Waals surface area contributed by atoms with Crippen LogP contribution in [0.3, 0.4) is 0 Å². The van der Waals surface area contributed by atoms with Crippen molar-refractivity contribution in [1.29, 1.82) is 0 Å². The second kappa shape index (κ2) is 5.05. The number of ether oxygens (including phenoxy) is 1. The van der Waals surface area contributed by atoms with Crippen molar-refractivity contribution in [3.05, 3.63) is 30.1 Å². The summed E-state index contributed by atoms with van der Waals surface area (Å²) in [6.07, 6.45) is 2.60. The van der Waals surface area contributed by atoms with Crippen LogP contribution in [0.5, 0.6) is 5.75 Å². The van der Waals surface area contributed by atoms with E-state index < -0.39 is 0 Å². The van der Waals surface area contributed by atoms with Crippen molar-refractivity contribution in [3.63, 3.8) is 0 Å². The Morgan fingerprint density at radius 1 is 1.29 bits per heavy atom. The molecular weight excluding hydrogens is 217 g/mol. The smallest absolute Gasteiger partial charge is 0.123 e. The van der Waals surface area contributed by atoms with Crippen molar-refractivity contribution in [3.8, 4) is 5.75 Å². The maximum absolute atomic E-state index is 12.7. The normalized spacial score (nSPS) is 15.9. The summed E-state index contributed by atoms with van der Waals surface area (Å²) >= 11 is 0. The van der Waals surface area contributed by atoms with E-state index in [0.717, 1.165) is 18.3 Å². The summed E-state index contributed by atoms with van der Waals surface area (Å²) in [5.41, 5.74) is 0.0942. The van der Waals surface area contributed by atoms with Gasteiger partial charge in [-0.1, -0.05) is 13.8 Å². The summed E-state index contributed by atoms with van der Waals surface area (Å²) in [4.78, 5) is 0. The number of nitrogens with one attached hydrogen (secondary N) is 1. The lowest BCUT2D eigenvalue weighted by Crippen LogP contribution is -2.35. The van der Waals surface area contributed by atoms with Crippen molar-refractivity contribution in [2.45, 2.75) is 32.7 Å². The number of rotatable bonds is 6. The molecule has 2 rings (SSSR count). The monoisotopic (exact) mass is 237 g/mol. The van der Waals surface area contributed by atoms with E-state index >= 15 is 0 Å². The Labute approximate surface area is 102 Å². The molecule has 0 bridgehead atoms. The molecule has 1 aliphatic carbocycles. The zero-order valence-electron chi connectivity index (χ0n) is 10.5. The second-order valence-electron chi connectivity index (χ2n) is 5.56. The second-order valence-corrected chi connectivity index (χ2v) is 5.56. The highest BCUT2D eigenvalue weighted by molar-refractivity contribution is 5.22. The van der Waals surface area contributed by atoms with Gasteiger partial charge in [0.05, 0.1) is 6.61 Å². The van der Waals surface area contributed by atoms with Gasteiger partial charge in [-0.25, -0.2) is 4.39 Å². The molecule has 0 atom stereocenters. The summed E-state index contributed by atoms with van der Waals surface area (Å²) in [6, 6.07) is 6.90. The summed E-state index contributed by atoms with van der Waals surface area (Å²) in [5, 5.41) is 3.50. The van der Waals surface area contributed by atoms with Crippen molar-refractivity contribution in [2.75, 3.05) is 13.2 Å². The molecule has 3 heteroatoms. The Balaban J connectivity index is 1.76. The Hall–Kier alpha value is -1.09. The fraction of sp³-hybridized carbons (Fsp3) is 0.571. The van der Waals surface area contributed by atoms with Gasteiger partial charge in [-0.2, -0.15) is 0 Å². The first-order valence-corrected chi connectivity index (χ1v) is 6.17. The van der Waals surface area contributed by atoms with Crippen LogP contribution in [-0.2, 0) is 0 Å². The standard InChI is InChI=1S/C14H20FNO/c1-14(2,9-16-12-5-6-12)10-17-13-7-3-11(15)4-8-13/h3-4,7-8,12,16H,5-6,9-10H2,1-2H3. The average molecular weight is 237 g/mol. The molecule has 0 saturated heterocycles. The molecule has 94 valence electrons. The molecule has 1 N–H and O–H groups in total. The van der Waals surface area contributed by atoms with E-state index in [-0.39, 0.29) is 11.2 Å². The van der Waals surface area contributed by atoms with Crippen molar-refractivity contribution < 1.29 is 9.13 Å². The van der Waals surface area contributed by atoms with Gasteiger partial charge in [0.1, 0.15) is 11.6 Å². The van der Waals surface area contributed by atoms with Crippen LogP contribution in [0.1, 0.15) is 26.7 Å². The Bertz CT molecular complexity index is 357. The average Bonchev–Trinajstić information content (AvgIpc) is 3.10. The van der Waals surface area contributed by atoms with E-state index in [2.05, 4.69) is 19.2 Å². The van der Waals surface area contributed by atoms with Gasteiger partial charge >= 0.3 is 0 Å². The molecule has 1 saturated carbocycles. The highest BCUT2D eigenvalue weighted by atomic mass is 19.1. The molecule has 2 nitrogen and oxygen atoms in total. The van der Waals surface area contributed by atoms with Crippen LogP contribution in [0.4, 0.5) is 4.39 Å². The lowest BCUT2D eigenvalue weighted by atomic mass is 9.95. The van der Waals surface area contributed by atoms with Gasteiger partial charge in [0.2, 0.25) is 0 Å². The molecule has 0 heterocycles. The SMILES string of the molecule is CC(C)(CNC1CC1)COc1ccc(F)cc1. The molecule has 0 aliphatic heterocycles. The molecule has 0 amide bonds. The van der Waals surface area contributed by atoms with E-state index in [1.54, 1.807) is 12.1 Å². The quantitative estimate of drug-likeness (QED) is 0.821. The topological polar surface area (TPSA) is 21.3 Å². The molecule has 0 unspecified atom stereocenters. The molecule has 1 aromatic rings. The van der Waals surface area contributed by atoms with Crippen LogP contribution < -0.4 is 10.1 Å². The molecule has 0 radical (unpaired) electrons. The maximum atomic E-state index is 12.7. The molecular formula is C14H20FNO. The van der Waals surface area contributed by atoms with E-state index in [4.69, 9.17) is 4.74 Å². The Kier molecular flexibility index (Phi) is 3.67. The van der Waals surface area contributed by atoms with Crippen LogP contribution in [-0.4, -0.2) is 19.2 Å². The molecule has 0 aromatic heterocycles. The van der Waals surface area contributed by atoms with E-state index in [9.17, 15) is 4.39 Å². The molecule has 1 fully saturated rings. The highest BCUT2D eigenvalue weighted by Gasteiger charge is 2.25. The van der Waals surface area contributed by atoms with Crippen LogP contribution in [0.2, 0.25) is 0 Å². The van der Waals surface area contributed by atoms with Gasteiger partial charge in [0.15, 0.2) is 0 Å². The fourth-order valence-electron chi connectivity index (χ4n) is 1.57. The van der Waals surface area contributed by atoms with Gasteiger partial charge in [0.25, 0.3) is 0 Å². The lowest BCUT2D eigenvalue weighted by Gasteiger charge is -2.25. The molecule has 0 spiro atoms. The van der Waals surface area contributed by atoms with Crippen LogP contribution in [0, 0.1) is 11.2 Å². The van der Waals surface area contributed by atoms with Crippen LogP contribution in [0.15, 0.2) is 24.3 Å². The highest BCUT2D eigenvalue weighted by Crippen LogP contribution is 2.22. The van der Waals surface area contributed by atoms with E-state index in [1.165, 1.54) is 25.0 Å². The van der Waals surface area contributed by atoms with Gasteiger partial charge < -0.3 is 10.1 Å². The first kappa shape index (κ1) is 12.4. The molecule has 17 heavy (non-hydrogen) atoms. The zero-order chi connectivity index (χ0) is 12.3. The molecule has 1 aliphatic rings. The minimum Gasteiger partial charge on any atom is -0.493 e. The van der Waals surface area contributed by atoms with Gasteiger partial charge in [0, 0.05) is 18.0 Å². The fourth-order valence-corrected chi connectivity index (χ4v) is 1.57. The molecule has 1 aromatic carbocycles. The lowest BCUT2D eigenvalue weighted by molar-refractivity contribution is 0.176. The summed E-state index contributed by atoms with van der Waals surface area (Å²) < 4.78 is 18.4. The van der Waals surface area contributed by atoms with E-state index in [0.29, 0.717) is 6.61 Å². The number of halogens is 1. The minimum atomic E-state index is -0.230. The minimum absolute atomic E-state index is 0.0942. The van der Waals surface area contributed by atoms with E-state index in [1.807, 2.05) is 0 Å². The summed E-state index contributed by atoms with van der Waals surface area (Å²) in [6.45, 7) is 5.94. The largest absolute Gasteiger partial charge is 0.493 e. The Morgan fingerprint density at radius 3 is 2.53 bits per heavy atom. The first-order chi connectivity index (χ1) is 8.05. The first-order valence-electron chi connectivity index (χ1n) is 6.17. The van der Waals surface area contributed by atoms with Crippen molar-refractivity contribution >= 4 is 0 Å². The number of benzene rings is 1. The van der Waals surface area contributed by atoms with Crippen LogP contribution >= 0.6 is 0 Å². The zero-order valence-corrected chi connectivity index (χ0v) is 10.5. The Morgan fingerprint density at radius 2 is 1.94 bits per heavy atom. The van der Waals surface area contributed by atoms with Gasteiger partial charge in [-0.15, -0.1) is 0 Å². The van der Waals surface area contributed by atoms with Gasteiger partial charge in [-0.05, 0) is 37.1 Å². The summed E-state index contributed by atoms with van der Waals surface area (Å²) in [5.74, 6) is 0.498. The predicted molar refractivity (Wildman–Crippen MR) is 66.7 cm³/mol. The number of hydrogen-bond donors (Lipinski definition) is 1. The van der Waals surface area contributed by atoms with Crippen molar-refractivity contribution in [1.82, 2.24) is 5.32 Å². The van der Waals surface area contributed by atoms with Crippen LogP contribution in [0.25, 0.3) is 0 Å².